The number of carbonyl (C=O) groups is 1. The zero-order valence-electron chi connectivity index (χ0n) is 10.6. The highest BCUT2D eigenvalue weighted by Crippen LogP contribution is 2.43. The number of hydrogen-bond donors (Lipinski definition) is 2. The van der Waals surface area contributed by atoms with Crippen molar-refractivity contribution in [1.29, 1.82) is 0 Å². The molecule has 0 saturated carbocycles. The van der Waals surface area contributed by atoms with Gasteiger partial charge in [0.2, 0.25) is 5.91 Å². The highest BCUT2D eigenvalue weighted by molar-refractivity contribution is 5.90. The van der Waals surface area contributed by atoms with Crippen molar-refractivity contribution in [3.63, 3.8) is 0 Å². The highest BCUT2D eigenvalue weighted by atomic mass is 16.6. The smallest absolute Gasteiger partial charge is 0.245 e. The normalized spacial score (nSPS) is 28.1. The first-order chi connectivity index (χ1) is 9.29. The average Bonchev–Trinajstić information content (AvgIpc) is 2.80. The zero-order chi connectivity index (χ0) is 12.9. The monoisotopic (exact) mass is 260 g/mol. The number of aryl methyl sites for hydroxylation is 1. The molecular formula is C14H16N2O3. The van der Waals surface area contributed by atoms with Crippen LogP contribution in [0.25, 0.3) is 0 Å². The molecule has 1 aliphatic carbocycles. The van der Waals surface area contributed by atoms with Gasteiger partial charge in [-0.3, -0.25) is 10.1 Å². The lowest BCUT2D eigenvalue weighted by molar-refractivity contribution is -0.124. The van der Waals surface area contributed by atoms with E-state index in [1.165, 1.54) is 5.56 Å². The zero-order valence-corrected chi connectivity index (χ0v) is 10.6. The first kappa shape index (κ1) is 11.1. The third-order valence-electron chi connectivity index (χ3n) is 4.25. The van der Waals surface area contributed by atoms with Gasteiger partial charge < -0.3 is 14.8 Å². The second-order valence-corrected chi connectivity index (χ2v) is 5.27. The molecule has 100 valence electrons. The van der Waals surface area contributed by atoms with Gasteiger partial charge in [-0.05, 0) is 42.5 Å². The van der Waals surface area contributed by atoms with Crippen LogP contribution in [0.4, 0.5) is 0 Å². The predicted molar refractivity (Wildman–Crippen MR) is 68.2 cm³/mol. The van der Waals surface area contributed by atoms with E-state index in [1.54, 1.807) is 0 Å². The van der Waals surface area contributed by atoms with Crippen LogP contribution in [0.5, 0.6) is 11.5 Å². The summed E-state index contributed by atoms with van der Waals surface area (Å²) in [6, 6.07) is 4.03. The molecule has 0 bridgehead atoms. The van der Waals surface area contributed by atoms with Crippen molar-refractivity contribution in [2.24, 2.45) is 0 Å². The van der Waals surface area contributed by atoms with E-state index < -0.39 is 5.54 Å². The van der Waals surface area contributed by atoms with E-state index >= 15 is 0 Å². The van der Waals surface area contributed by atoms with E-state index in [4.69, 9.17) is 9.47 Å². The molecule has 2 heterocycles. The Kier molecular flexibility index (Phi) is 2.26. The van der Waals surface area contributed by atoms with Crippen LogP contribution in [0.2, 0.25) is 0 Å². The summed E-state index contributed by atoms with van der Waals surface area (Å²) in [5.41, 5.74) is 1.68. The van der Waals surface area contributed by atoms with Crippen molar-refractivity contribution in [1.82, 2.24) is 10.6 Å². The Morgan fingerprint density at radius 2 is 1.95 bits per heavy atom. The van der Waals surface area contributed by atoms with Gasteiger partial charge >= 0.3 is 0 Å². The molecule has 5 heteroatoms. The topological polar surface area (TPSA) is 59.6 Å². The number of nitrogens with one attached hydrogen (secondary N) is 2. The Hall–Kier alpha value is -1.75. The van der Waals surface area contributed by atoms with E-state index in [2.05, 4.69) is 10.6 Å². The van der Waals surface area contributed by atoms with E-state index in [1.807, 2.05) is 12.1 Å². The lowest BCUT2D eigenvalue weighted by Gasteiger charge is -2.34. The number of fused-ring (bicyclic) bond motifs is 3. The van der Waals surface area contributed by atoms with E-state index in [-0.39, 0.29) is 5.91 Å². The van der Waals surface area contributed by atoms with Crippen LogP contribution >= 0.6 is 0 Å². The minimum absolute atomic E-state index is 0.0742. The molecule has 0 aromatic heterocycles. The van der Waals surface area contributed by atoms with Crippen molar-refractivity contribution in [3.8, 4) is 11.5 Å². The molecule has 2 N–H and O–H groups in total. The fraction of sp³-hybridized carbons (Fsp3) is 0.500. The van der Waals surface area contributed by atoms with Gasteiger partial charge in [0.1, 0.15) is 18.8 Å². The molecule has 3 aliphatic rings. The molecule has 5 nitrogen and oxygen atoms in total. The Bertz CT molecular complexity index is 558. The van der Waals surface area contributed by atoms with E-state index in [0.29, 0.717) is 19.9 Å². The van der Waals surface area contributed by atoms with Crippen LogP contribution in [0.1, 0.15) is 24.0 Å². The Balaban J connectivity index is 1.88. The largest absolute Gasteiger partial charge is 0.486 e. The first-order valence-electron chi connectivity index (χ1n) is 6.76. The molecule has 1 fully saturated rings. The third-order valence-corrected chi connectivity index (χ3v) is 4.25. The molecule has 2 aliphatic heterocycles. The Morgan fingerprint density at radius 1 is 1.16 bits per heavy atom. The maximum absolute atomic E-state index is 12.2. The number of carbonyl (C=O) groups excluding carboxylic acids is 1. The fourth-order valence-corrected chi connectivity index (χ4v) is 3.34. The highest BCUT2D eigenvalue weighted by Gasteiger charge is 2.46. The van der Waals surface area contributed by atoms with Gasteiger partial charge in [0.15, 0.2) is 11.5 Å². The van der Waals surface area contributed by atoms with Crippen LogP contribution in [0.3, 0.4) is 0 Å². The average molecular weight is 260 g/mol. The first-order valence-corrected chi connectivity index (χ1v) is 6.76. The van der Waals surface area contributed by atoms with Gasteiger partial charge in [0.25, 0.3) is 0 Å². The third kappa shape index (κ3) is 1.48. The SMILES string of the molecule is O=C1NCNC12CCCc1cc3c(cc12)OCCO3. The van der Waals surface area contributed by atoms with Crippen molar-refractivity contribution in [2.75, 3.05) is 19.9 Å². The quantitative estimate of drug-likeness (QED) is 0.719. The molecule has 4 rings (SSSR count). The molecular weight excluding hydrogens is 244 g/mol. The van der Waals surface area contributed by atoms with Gasteiger partial charge in [-0.2, -0.15) is 0 Å². The van der Waals surface area contributed by atoms with Gasteiger partial charge in [-0.15, -0.1) is 0 Å². The summed E-state index contributed by atoms with van der Waals surface area (Å²) >= 11 is 0. The minimum atomic E-state index is -0.566. The molecule has 0 radical (unpaired) electrons. The van der Waals surface area contributed by atoms with Crippen LogP contribution in [-0.2, 0) is 16.8 Å². The summed E-state index contributed by atoms with van der Waals surface area (Å²) in [4.78, 5) is 12.2. The van der Waals surface area contributed by atoms with Crippen molar-refractivity contribution < 1.29 is 14.3 Å². The van der Waals surface area contributed by atoms with Gasteiger partial charge in [0, 0.05) is 0 Å². The second kappa shape index (κ2) is 3.87. The maximum Gasteiger partial charge on any atom is 0.245 e. The molecule has 1 spiro atoms. The van der Waals surface area contributed by atoms with Crippen LogP contribution in [0.15, 0.2) is 12.1 Å². The van der Waals surface area contributed by atoms with Crippen LogP contribution in [-0.4, -0.2) is 25.8 Å². The van der Waals surface area contributed by atoms with Crippen molar-refractivity contribution in [2.45, 2.75) is 24.8 Å². The molecule has 1 aromatic rings. The van der Waals surface area contributed by atoms with Gasteiger partial charge in [-0.1, -0.05) is 0 Å². The second-order valence-electron chi connectivity index (χ2n) is 5.27. The van der Waals surface area contributed by atoms with Gasteiger partial charge in [-0.25, -0.2) is 0 Å². The van der Waals surface area contributed by atoms with Crippen LogP contribution < -0.4 is 20.1 Å². The summed E-state index contributed by atoms with van der Waals surface area (Å²) in [6.45, 7) is 1.70. The lowest BCUT2D eigenvalue weighted by Crippen LogP contribution is -2.46. The van der Waals surface area contributed by atoms with E-state index in [0.717, 1.165) is 36.3 Å². The summed E-state index contributed by atoms with van der Waals surface area (Å²) in [7, 11) is 0. The molecule has 1 aromatic carbocycles. The van der Waals surface area contributed by atoms with Crippen molar-refractivity contribution in [3.05, 3.63) is 23.3 Å². The molecule has 1 atom stereocenters. The maximum atomic E-state index is 12.2. The predicted octanol–water partition coefficient (Wildman–Crippen LogP) is 0.666. The molecule has 19 heavy (non-hydrogen) atoms. The Morgan fingerprint density at radius 3 is 2.68 bits per heavy atom. The summed E-state index contributed by atoms with van der Waals surface area (Å²) in [5, 5.41) is 6.21. The molecule has 1 unspecified atom stereocenters. The van der Waals surface area contributed by atoms with E-state index in [9.17, 15) is 4.79 Å². The summed E-state index contributed by atoms with van der Waals surface area (Å²) in [5.74, 6) is 1.64. The lowest BCUT2D eigenvalue weighted by atomic mass is 9.76. The number of amides is 1. The number of rotatable bonds is 0. The fourth-order valence-electron chi connectivity index (χ4n) is 3.34. The molecule has 1 saturated heterocycles. The minimum Gasteiger partial charge on any atom is -0.486 e. The van der Waals surface area contributed by atoms with Crippen LogP contribution in [0, 0.1) is 0 Å². The number of ether oxygens (including phenoxy) is 2. The number of hydrogen-bond acceptors (Lipinski definition) is 4. The van der Waals surface area contributed by atoms with Crippen molar-refractivity contribution >= 4 is 5.91 Å². The molecule has 1 amide bonds. The Labute approximate surface area is 111 Å². The standard InChI is InChI=1S/C14H16N2O3/c17-13-14(16-8-15-13)3-1-2-9-6-11-12(7-10(9)14)19-5-4-18-11/h6-7,16H,1-5,8H2,(H,15,17). The number of benzene rings is 1. The summed E-state index contributed by atoms with van der Waals surface area (Å²) < 4.78 is 11.3. The summed E-state index contributed by atoms with van der Waals surface area (Å²) in [6.07, 6.45) is 2.83. The van der Waals surface area contributed by atoms with Gasteiger partial charge in [0.05, 0.1) is 6.67 Å².